The van der Waals surface area contributed by atoms with Crippen molar-refractivity contribution < 1.29 is 9.47 Å². The number of thioether (sulfide) groups is 2. The molecule has 8 heteroatoms. The van der Waals surface area contributed by atoms with Crippen LogP contribution < -0.4 is 20.1 Å². The fourth-order valence-electron chi connectivity index (χ4n) is 4.27. The molecule has 0 aliphatic carbocycles. The second-order valence-corrected chi connectivity index (χ2v) is 12.6. The van der Waals surface area contributed by atoms with E-state index in [1.54, 1.807) is 25.6 Å². The Morgan fingerprint density at radius 2 is 1.46 bits per heavy atom. The van der Waals surface area contributed by atoms with E-state index in [0.717, 1.165) is 70.2 Å². The minimum atomic E-state index is 0.861. The molecule has 1 heterocycles. The summed E-state index contributed by atoms with van der Waals surface area (Å²) in [6.45, 7) is 2.75. The number of rotatable bonds is 15. The number of hydrogen-bond acceptors (Lipinski definition) is 8. The van der Waals surface area contributed by atoms with Gasteiger partial charge in [-0.3, -0.25) is 0 Å². The van der Waals surface area contributed by atoms with Gasteiger partial charge in [-0.1, -0.05) is 36.4 Å². The van der Waals surface area contributed by atoms with Crippen LogP contribution >= 0.6 is 34.9 Å². The lowest BCUT2D eigenvalue weighted by atomic mass is 10.2. The molecular weight excluding hydrogens is 567 g/mol. The maximum absolute atomic E-state index is 5.32. The number of ether oxygens (including phenoxy) is 2. The van der Waals surface area contributed by atoms with Gasteiger partial charge in [-0.25, -0.2) is 4.98 Å². The number of methoxy groups -OCH3 is 2. The molecule has 0 aliphatic heterocycles. The van der Waals surface area contributed by atoms with Crippen molar-refractivity contribution in [3.05, 3.63) is 102 Å². The van der Waals surface area contributed by atoms with Gasteiger partial charge in [-0.05, 0) is 65.7 Å². The third kappa shape index (κ3) is 8.42. The van der Waals surface area contributed by atoms with E-state index >= 15 is 0 Å². The Balaban J connectivity index is 1.15. The summed E-state index contributed by atoms with van der Waals surface area (Å²) >= 11 is 5.53. The minimum absolute atomic E-state index is 0.861. The highest BCUT2D eigenvalue weighted by Crippen LogP contribution is 2.37. The lowest BCUT2D eigenvalue weighted by molar-refractivity contribution is 0.414. The number of nitrogens with one attached hydrogen (secondary N) is 2. The predicted octanol–water partition coefficient (Wildman–Crippen LogP) is 8.21. The molecule has 5 aromatic rings. The summed E-state index contributed by atoms with van der Waals surface area (Å²) in [7, 11) is 3.40. The van der Waals surface area contributed by atoms with Crippen LogP contribution in [0.3, 0.4) is 0 Å². The second-order valence-electron chi connectivity index (χ2n) is 9.41. The van der Waals surface area contributed by atoms with Crippen LogP contribution in [0.5, 0.6) is 11.5 Å². The summed E-state index contributed by atoms with van der Waals surface area (Å²) in [4.78, 5) is 6.12. The van der Waals surface area contributed by atoms with Crippen molar-refractivity contribution in [1.82, 2.24) is 10.3 Å². The standard InChI is InChI=1S/C33H35N3O2S3/c1-37-27-12-7-24(8-13-27)22-39-20-19-34-17-18-35-29-16-11-26(33-36-30-5-3-4-6-31(30)41-33)21-32(29)40-23-25-9-14-28(38-2)15-10-25/h3-16,21,34-35H,17-20,22-23H2,1-2H3. The summed E-state index contributed by atoms with van der Waals surface area (Å²) in [5, 5.41) is 8.29. The molecule has 41 heavy (non-hydrogen) atoms. The molecule has 5 nitrogen and oxygen atoms in total. The smallest absolute Gasteiger partial charge is 0.124 e. The Morgan fingerprint density at radius 3 is 2.17 bits per heavy atom. The summed E-state index contributed by atoms with van der Waals surface area (Å²) in [6.07, 6.45) is 0. The molecule has 0 unspecified atom stereocenters. The van der Waals surface area contributed by atoms with Crippen LogP contribution in [-0.4, -0.2) is 44.6 Å². The fourth-order valence-corrected chi connectivity index (χ4v) is 7.11. The van der Waals surface area contributed by atoms with Gasteiger partial charge in [0.2, 0.25) is 0 Å². The Bertz CT molecular complexity index is 1490. The normalized spacial score (nSPS) is 11.1. The van der Waals surface area contributed by atoms with Crippen molar-refractivity contribution >= 4 is 50.8 Å². The highest BCUT2D eigenvalue weighted by atomic mass is 32.2. The lowest BCUT2D eigenvalue weighted by Crippen LogP contribution is -2.24. The highest BCUT2D eigenvalue weighted by molar-refractivity contribution is 7.98. The zero-order chi connectivity index (χ0) is 28.3. The molecule has 0 radical (unpaired) electrons. The molecule has 0 amide bonds. The molecule has 0 atom stereocenters. The van der Waals surface area contributed by atoms with Crippen LogP contribution in [0.1, 0.15) is 11.1 Å². The number of fused-ring (bicyclic) bond motifs is 1. The molecule has 0 spiro atoms. The van der Waals surface area contributed by atoms with Crippen molar-refractivity contribution in [2.45, 2.75) is 16.4 Å². The maximum atomic E-state index is 5.32. The highest BCUT2D eigenvalue weighted by Gasteiger charge is 2.11. The van der Waals surface area contributed by atoms with E-state index in [9.17, 15) is 0 Å². The maximum Gasteiger partial charge on any atom is 0.124 e. The third-order valence-corrected chi connectivity index (χ3v) is 9.79. The van der Waals surface area contributed by atoms with Crippen LogP contribution in [0, 0.1) is 0 Å². The number of hydrogen-bond donors (Lipinski definition) is 2. The third-order valence-electron chi connectivity index (χ3n) is 6.54. The average molecular weight is 602 g/mol. The summed E-state index contributed by atoms with van der Waals surface area (Å²) in [5.41, 5.74) is 5.95. The largest absolute Gasteiger partial charge is 0.497 e. The number of para-hydroxylation sites is 1. The average Bonchev–Trinajstić information content (AvgIpc) is 3.47. The number of aromatic nitrogens is 1. The summed E-state index contributed by atoms with van der Waals surface area (Å²) in [6, 6.07) is 31.6. The molecular formula is C33H35N3O2S3. The zero-order valence-electron chi connectivity index (χ0n) is 23.4. The van der Waals surface area contributed by atoms with E-state index in [-0.39, 0.29) is 0 Å². The van der Waals surface area contributed by atoms with Crippen molar-refractivity contribution in [1.29, 1.82) is 0 Å². The fraction of sp³-hybridized carbons (Fsp3) is 0.242. The molecule has 1 aromatic heterocycles. The van der Waals surface area contributed by atoms with Gasteiger partial charge in [0, 0.05) is 53.0 Å². The molecule has 4 aromatic carbocycles. The Labute approximate surface area is 255 Å². The van der Waals surface area contributed by atoms with Crippen molar-refractivity contribution in [2.75, 3.05) is 44.9 Å². The van der Waals surface area contributed by atoms with Crippen molar-refractivity contribution in [3.8, 4) is 22.1 Å². The lowest BCUT2D eigenvalue weighted by Gasteiger charge is -2.14. The van der Waals surface area contributed by atoms with E-state index in [2.05, 4.69) is 71.3 Å². The minimum Gasteiger partial charge on any atom is -0.497 e. The number of anilines is 1. The second kappa shape index (κ2) is 15.2. The topological polar surface area (TPSA) is 55.4 Å². The van der Waals surface area contributed by atoms with E-state index < -0.39 is 0 Å². The number of nitrogens with zero attached hydrogens (tertiary/aromatic N) is 1. The summed E-state index contributed by atoms with van der Waals surface area (Å²) in [5.74, 6) is 4.75. The monoisotopic (exact) mass is 601 g/mol. The van der Waals surface area contributed by atoms with Crippen molar-refractivity contribution in [2.24, 2.45) is 0 Å². The molecule has 0 fully saturated rings. The Kier molecular flexibility index (Phi) is 10.9. The number of thiazole rings is 1. The predicted molar refractivity (Wildman–Crippen MR) is 178 cm³/mol. The van der Waals surface area contributed by atoms with Gasteiger partial charge < -0.3 is 20.1 Å². The summed E-state index contributed by atoms with van der Waals surface area (Å²) < 4.78 is 11.8. The van der Waals surface area contributed by atoms with Crippen molar-refractivity contribution in [3.63, 3.8) is 0 Å². The Morgan fingerprint density at radius 1 is 0.756 bits per heavy atom. The first-order valence-electron chi connectivity index (χ1n) is 13.6. The first-order valence-corrected chi connectivity index (χ1v) is 16.6. The zero-order valence-corrected chi connectivity index (χ0v) is 25.8. The molecule has 2 N–H and O–H groups in total. The van der Waals surface area contributed by atoms with Gasteiger partial charge in [-0.2, -0.15) is 11.8 Å². The number of benzene rings is 4. The van der Waals surface area contributed by atoms with Gasteiger partial charge in [0.25, 0.3) is 0 Å². The van der Waals surface area contributed by atoms with Crippen LogP contribution in [0.2, 0.25) is 0 Å². The van der Waals surface area contributed by atoms with E-state index in [4.69, 9.17) is 14.5 Å². The molecule has 5 rings (SSSR count). The van der Waals surface area contributed by atoms with E-state index in [1.165, 1.54) is 20.7 Å². The van der Waals surface area contributed by atoms with Crippen LogP contribution in [-0.2, 0) is 11.5 Å². The quantitative estimate of drug-likeness (QED) is 0.0926. The van der Waals surface area contributed by atoms with Crippen LogP contribution in [0.25, 0.3) is 20.8 Å². The Hall–Kier alpha value is -3.17. The van der Waals surface area contributed by atoms with Crippen LogP contribution in [0.4, 0.5) is 5.69 Å². The van der Waals surface area contributed by atoms with Gasteiger partial charge in [0.05, 0.1) is 24.4 Å². The first-order chi connectivity index (χ1) is 20.2. The van der Waals surface area contributed by atoms with E-state index in [1.807, 2.05) is 53.9 Å². The van der Waals surface area contributed by atoms with Crippen LogP contribution in [0.15, 0.2) is 95.9 Å². The van der Waals surface area contributed by atoms with E-state index in [0.29, 0.717) is 0 Å². The first kappa shape index (κ1) is 29.3. The molecule has 0 bridgehead atoms. The molecule has 0 saturated heterocycles. The van der Waals surface area contributed by atoms with Gasteiger partial charge >= 0.3 is 0 Å². The molecule has 212 valence electrons. The molecule has 0 aliphatic rings. The van der Waals surface area contributed by atoms with Gasteiger partial charge in [-0.15, -0.1) is 23.1 Å². The van der Waals surface area contributed by atoms with Gasteiger partial charge in [0.1, 0.15) is 16.5 Å². The van der Waals surface area contributed by atoms with Gasteiger partial charge in [0.15, 0.2) is 0 Å². The molecule has 0 saturated carbocycles. The SMILES string of the molecule is COc1ccc(CSCCNCCNc2ccc(-c3nc4ccccc4s3)cc2SCc2ccc(OC)cc2)cc1.